The van der Waals surface area contributed by atoms with E-state index in [0.717, 1.165) is 25.1 Å². The van der Waals surface area contributed by atoms with E-state index in [0.29, 0.717) is 18.0 Å². The van der Waals surface area contributed by atoms with Gasteiger partial charge in [0.2, 0.25) is 0 Å². The maximum atomic E-state index is 10.7. The van der Waals surface area contributed by atoms with Gasteiger partial charge in [-0.25, -0.2) is 0 Å². The normalized spacial score (nSPS) is 22.3. The number of methoxy groups -OCH3 is 2. The van der Waals surface area contributed by atoms with Crippen LogP contribution in [0.3, 0.4) is 0 Å². The van der Waals surface area contributed by atoms with Gasteiger partial charge in [-0.2, -0.15) is 0 Å². The third kappa shape index (κ3) is 4.11. The Bertz CT molecular complexity index is 521. The number of carbonyl (C=O) groups is 1. The molecule has 1 heterocycles. The average Bonchev–Trinajstić information content (AvgIpc) is 2.51. The number of carboxylic acids is 1. The summed E-state index contributed by atoms with van der Waals surface area (Å²) in [6.07, 6.45) is 1.03. The van der Waals surface area contributed by atoms with Crippen molar-refractivity contribution in [1.29, 1.82) is 0 Å². The Balaban J connectivity index is 2.11. The Kier molecular flexibility index (Phi) is 5.63. The highest BCUT2D eigenvalue weighted by Crippen LogP contribution is 2.33. The molecule has 1 aliphatic heterocycles. The largest absolute Gasteiger partial charge is 0.493 e. The molecule has 2 unspecified atom stereocenters. The Morgan fingerprint density at radius 2 is 2.05 bits per heavy atom. The Labute approximate surface area is 130 Å². The van der Waals surface area contributed by atoms with E-state index in [2.05, 4.69) is 4.90 Å². The van der Waals surface area contributed by atoms with Crippen LogP contribution < -0.4 is 15.2 Å². The smallest absolute Gasteiger partial charge is 0.304 e. The molecule has 0 spiro atoms. The van der Waals surface area contributed by atoms with Crippen LogP contribution in [0.4, 0.5) is 0 Å². The summed E-state index contributed by atoms with van der Waals surface area (Å²) in [4.78, 5) is 12.9. The second-order valence-corrected chi connectivity index (χ2v) is 5.71. The van der Waals surface area contributed by atoms with Crippen molar-refractivity contribution in [1.82, 2.24) is 4.90 Å². The van der Waals surface area contributed by atoms with E-state index >= 15 is 0 Å². The molecule has 1 aromatic carbocycles. The summed E-state index contributed by atoms with van der Waals surface area (Å²) in [6.45, 7) is 2.10. The minimum Gasteiger partial charge on any atom is -0.493 e. The third-order valence-corrected chi connectivity index (χ3v) is 4.08. The molecule has 6 heteroatoms. The standard InChI is InChI=1S/C16H24N2O4/c1-21-14-4-3-11(8-15(14)22-2)12-7-13(17)10-18(9-12)6-5-16(19)20/h3-4,8,12-13H,5-7,9-10,17H2,1-2H3,(H,19,20). The van der Waals surface area contributed by atoms with E-state index in [4.69, 9.17) is 20.3 Å². The molecular weight excluding hydrogens is 284 g/mol. The molecule has 22 heavy (non-hydrogen) atoms. The zero-order chi connectivity index (χ0) is 16.1. The first-order valence-corrected chi connectivity index (χ1v) is 7.45. The molecule has 0 aliphatic carbocycles. The lowest BCUT2D eigenvalue weighted by Gasteiger charge is -2.36. The van der Waals surface area contributed by atoms with Gasteiger partial charge in [-0.1, -0.05) is 6.07 Å². The summed E-state index contributed by atoms with van der Waals surface area (Å²) in [5, 5.41) is 8.83. The van der Waals surface area contributed by atoms with Crippen LogP contribution in [0.25, 0.3) is 0 Å². The Morgan fingerprint density at radius 1 is 1.32 bits per heavy atom. The number of piperidine rings is 1. The van der Waals surface area contributed by atoms with Crippen molar-refractivity contribution in [2.75, 3.05) is 33.9 Å². The van der Waals surface area contributed by atoms with Gasteiger partial charge in [-0.3, -0.25) is 4.79 Å². The van der Waals surface area contributed by atoms with Gasteiger partial charge in [0, 0.05) is 25.7 Å². The van der Waals surface area contributed by atoms with E-state index in [1.54, 1.807) is 14.2 Å². The maximum Gasteiger partial charge on any atom is 0.304 e. The van der Waals surface area contributed by atoms with Crippen LogP contribution in [0.2, 0.25) is 0 Å². The van der Waals surface area contributed by atoms with Gasteiger partial charge >= 0.3 is 5.97 Å². The summed E-state index contributed by atoms with van der Waals surface area (Å²) in [7, 11) is 3.23. The lowest BCUT2D eigenvalue weighted by atomic mass is 9.88. The number of ether oxygens (including phenoxy) is 2. The summed E-state index contributed by atoms with van der Waals surface area (Å²) < 4.78 is 10.6. The van der Waals surface area contributed by atoms with Crippen LogP contribution in [0, 0.1) is 0 Å². The first kappa shape index (κ1) is 16.6. The summed E-state index contributed by atoms with van der Waals surface area (Å²) in [5.74, 6) is 0.907. The molecule has 6 nitrogen and oxygen atoms in total. The molecule has 0 amide bonds. The van der Waals surface area contributed by atoms with E-state index in [1.165, 1.54) is 0 Å². The number of aliphatic carboxylic acids is 1. The second kappa shape index (κ2) is 7.47. The van der Waals surface area contributed by atoms with Crippen LogP contribution >= 0.6 is 0 Å². The number of carboxylic acid groups (broad SMARTS) is 1. The summed E-state index contributed by atoms with van der Waals surface area (Å²) in [6, 6.07) is 5.97. The molecule has 0 bridgehead atoms. The highest BCUT2D eigenvalue weighted by molar-refractivity contribution is 5.66. The fourth-order valence-electron chi connectivity index (χ4n) is 3.02. The quantitative estimate of drug-likeness (QED) is 0.824. The second-order valence-electron chi connectivity index (χ2n) is 5.71. The van der Waals surface area contributed by atoms with Crippen LogP contribution in [0.15, 0.2) is 18.2 Å². The van der Waals surface area contributed by atoms with Crippen molar-refractivity contribution in [3.63, 3.8) is 0 Å². The molecule has 1 saturated heterocycles. The van der Waals surface area contributed by atoms with Gasteiger partial charge in [-0.15, -0.1) is 0 Å². The van der Waals surface area contributed by atoms with Crippen LogP contribution in [0.5, 0.6) is 11.5 Å². The maximum absolute atomic E-state index is 10.7. The molecule has 122 valence electrons. The lowest BCUT2D eigenvalue weighted by Crippen LogP contribution is -2.46. The number of hydrogen-bond donors (Lipinski definition) is 2. The van der Waals surface area contributed by atoms with Crippen molar-refractivity contribution in [2.45, 2.75) is 24.8 Å². The molecule has 2 rings (SSSR count). The zero-order valence-electron chi connectivity index (χ0n) is 13.1. The highest BCUT2D eigenvalue weighted by atomic mass is 16.5. The first-order chi connectivity index (χ1) is 10.5. The van der Waals surface area contributed by atoms with Crippen molar-refractivity contribution in [3.8, 4) is 11.5 Å². The SMILES string of the molecule is COc1ccc(C2CC(N)CN(CCC(=O)O)C2)cc1OC. The van der Waals surface area contributed by atoms with Crippen molar-refractivity contribution in [2.24, 2.45) is 5.73 Å². The highest BCUT2D eigenvalue weighted by Gasteiger charge is 2.27. The van der Waals surface area contributed by atoms with Gasteiger partial charge in [0.1, 0.15) is 0 Å². The number of rotatable bonds is 6. The van der Waals surface area contributed by atoms with Gasteiger partial charge in [0.05, 0.1) is 20.6 Å². The molecule has 0 saturated carbocycles. The number of benzene rings is 1. The zero-order valence-corrected chi connectivity index (χ0v) is 13.1. The number of hydrogen-bond acceptors (Lipinski definition) is 5. The van der Waals surface area contributed by atoms with Crippen LogP contribution in [-0.2, 0) is 4.79 Å². The molecule has 2 atom stereocenters. The first-order valence-electron chi connectivity index (χ1n) is 7.45. The van der Waals surface area contributed by atoms with Gasteiger partial charge < -0.3 is 25.2 Å². The molecule has 1 aliphatic rings. The van der Waals surface area contributed by atoms with Gasteiger partial charge in [0.15, 0.2) is 11.5 Å². The molecule has 0 radical (unpaired) electrons. The predicted molar refractivity (Wildman–Crippen MR) is 83.6 cm³/mol. The Hall–Kier alpha value is -1.79. The minimum absolute atomic E-state index is 0.0561. The molecule has 0 aromatic heterocycles. The van der Waals surface area contributed by atoms with E-state index < -0.39 is 5.97 Å². The predicted octanol–water partition coefficient (Wildman–Crippen LogP) is 1.30. The van der Waals surface area contributed by atoms with E-state index in [-0.39, 0.29) is 18.4 Å². The number of nitrogens with zero attached hydrogens (tertiary/aromatic N) is 1. The minimum atomic E-state index is -0.776. The number of likely N-dealkylation sites (tertiary alicyclic amines) is 1. The number of nitrogens with two attached hydrogens (primary N) is 1. The summed E-state index contributed by atoms with van der Waals surface area (Å²) in [5.41, 5.74) is 7.29. The third-order valence-electron chi connectivity index (χ3n) is 4.08. The van der Waals surface area contributed by atoms with Crippen LogP contribution in [-0.4, -0.2) is 55.9 Å². The molecule has 1 fully saturated rings. The van der Waals surface area contributed by atoms with Gasteiger partial charge in [-0.05, 0) is 30.0 Å². The lowest BCUT2D eigenvalue weighted by molar-refractivity contribution is -0.137. The Morgan fingerprint density at radius 3 is 2.68 bits per heavy atom. The monoisotopic (exact) mass is 308 g/mol. The van der Waals surface area contributed by atoms with Crippen molar-refractivity contribution in [3.05, 3.63) is 23.8 Å². The molecular formula is C16H24N2O4. The van der Waals surface area contributed by atoms with Crippen molar-refractivity contribution < 1.29 is 19.4 Å². The average molecular weight is 308 g/mol. The molecule has 3 N–H and O–H groups in total. The topological polar surface area (TPSA) is 85.0 Å². The van der Waals surface area contributed by atoms with Gasteiger partial charge in [0.25, 0.3) is 0 Å². The fourth-order valence-corrected chi connectivity index (χ4v) is 3.02. The molecule has 1 aromatic rings. The fraction of sp³-hybridized carbons (Fsp3) is 0.562. The van der Waals surface area contributed by atoms with Crippen LogP contribution in [0.1, 0.15) is 24.3 Å². The van der Waals surface area contributed by atoms with E-state index in [1.807, 2.05) is 18.2 Å². The van der Waals surface area contributed by atoms with Crippen molar-refractivity contribution >= 4 is 5.97 Å². The summed E-state index contributed by atoms with van der Waals surface area (Å²) >= 11 is 0. The van der Waals surface area contributed by atoms with E-state index in [9.17, 15) is 4.79 Å².